The number of amidine groups is 1. The van der Waals surface area contributed by atoms with Crippen molar-refractivity contribution in [2.24, 2.45) is 9.98 Å². The molecule has 1 heterocycles. The molecule has 0 amide bonds. The first-order valence-corrected chi connectivity index (χ1v) is 12.1. The average molecular weight is 477 g/mol. The van der Waals surface area contributed by atoms with Crippen LogP contribution in [0.4, 0.5) is 15.8 Å². The normalized spacial score (nSPS) is 17.1. The number of benzene rings is 3. The van der Waals surface area contributed by atoms with Crippen molar-refractivity contribution in [3.63, 3.8) is 0 Å². The number of piperidine rings is 1. The Kier molecular flexibility index (Phi) is 7.63. The lowest BCUT2D eigenvalue weighted by molar-refractivity contribution is 0.253. The molecule has 0 spiro atoms. The Labute approximate surface area is 206 Å². The maximum Gasteiger partial charge on any atom is 0.205 e. The standard InChI is InChI=1S/C28H30ClFN4/c1-19-9-8-10-20(2)26(19)27(31-23-16-14-22(30)15-17-23)33-28(34-18-7-6-11-21(34)3)32-25-13-5-4-12-24(25)29/h4-5,8-10,12-17,21H,6-7,11,18H2,1-3H3,(H,31,32,33). The number of hydrogen-bond acceptors (Lipinski definition) is 2. The topological polar surface area (TPSA) is 40.0 Å². The lowest BCUT2D eigenvalue weighted by atomic mass is 10.0. The number of nitrogens with zero attached hydrogens (tertiary/aromatic N) is 3. The molecular formula is C28H30ClFN4. The number of guanidine groups is 1. The van der Waals surface area contributed by atoms with Crippen LogP contribution in [0.2, 0.25) is 5.02 Å². The average Bonchev–Trinajstić information content (AvgIpc) is 2.81. The van der Waals surface area contributed by atoms with Gasteiger partial charge in [-0.05, 0) is 87.6 Å². The zero-order valence-corrected chi connectivity index (χ0v) is 20.6. The van der Waals surface area contributed by atoms with Gasteiger partial charge in [-0.1, -0.05) is 41.9 Å². The monoisotopic (exact) mass is 476 g/mol. The lowest BCUT2D eigenvalue weighted by Gasteiger charge is -2.36. The highest BCUT2D eigenvalue weighted by Gasteiger charge is 2.24. The van der Waals surface area contributed by atoms with Crippen LogP contribution in [0.1, 0.15) is 42.9 Å². The zero-order valence-electron chi connectivity index (χ0n) is 19.9. The van der Waals surface area contributed by atoms with Gasteiger partial charge in [0.05, 0.1) is 16.4 Å². The van der Waals surface area contributed by atoms with Gasteiger partial charge in [0.2, 0.25) is 5.96 Å². The molecule has 4 rings (SSSR count). The van der Waals surface area contributed by atoms with Gasteiger partial charge in [0.15, 0.2) is 0 Å². The molecule has 176 valence electrons. The van der Waals surface area contributed by atoms with E-state index >= 15 is 0 Å². The van der Waals surface area contributed by atoms with Crippen molar-refractivity contribution in [2.75, 3.05) is 6.54 Å². The van der Waals surface area contributed by atoms with E-state index in [0.717, 1.165) is 36.1 Å². The number of aliphatic imine (C=N–C) groups is 2. The summed E-state index contributed by atoms with van der Waals surface area (Å²) in [5, 5.41) is 4.16. The quantitative estimate of drug-likeness (QED) is 0.317. The number of para-hydroxylation sites is 1. The highest BCUT2D eigenvalue weighted by atomic mass is 35.5. The molecule has 1 N–H and O–H groups in total. The molecule has 0 aliphatic carbocycles. The van der Waals surface area contributed by atoms with E-state index in [2.05, 4.69) is 43.1 Å². The summed E-state index contributed by atoms with van der Waals surface area (Å²) in [6, 6.07) is 20.3. The lowest BCUT2D eigenvalue weighted by Crippen LogP contribution is -2.50. The van der Waals surface area contributed by atoms with Crippen LogP contribution in [0.3, 0.4) is 0 Å². The molecular weight excluding hydrogens is 447 g/mol. The summed E-state index contributed by atoms with van der Waals surface area (Å²) < 4.78 is 13.5. The van der Waals surface area contributed by atoms with Crippen molar-refractivity contribution in [1.29, 1.82) is 0 Å². The molecule has 6 heteroatoms. The summed E-state index contributed by atoms with van der Waals surface area (Å²) >= 11 is 6.47. The van der Waals surface area contributed by atoms with Crippen molar-refractivity contribution in [3.8, 4) is 0 Å². The minimum atomic E-state index is -0.288. The fraction of sp³-hybridized carbons (Fsp3) is 0.286. The van der Waals surface area contributed by atoms with Crippen LogP contribution in [-0.2, 0) is 0 Å². The van der Waals surface area contributed by atoms with Gasteiger partial charge in [-0.3, -0.25) is 0 Å². The summed E-state index contributed by atoms with van der Waals surface area (Å²) in [6.45, 7) is 7.25. The van der Waals surface area contributed by atoms with E-state index in [1.165, 1.54) is 18.6 Å². The molecule has 0 radical (unpaired) electrons. The van der Waals surface area contributed by atoms with Gasteiger partial charge in [0.25, 0.3) is 0 Å². The number of rotatable bonds is 3. The second kappa shape index (κ2) is 10.8. The van der Waals surface area contributed by atoms with Gasteiger partial charge in [-0.15, -0.1) is 0 Å². The second-order valence-corrected chi connectivity index (χ2v) is 9.16. The number of hydrogen-bond donors (Lipinski definition) is 1. The Morgan fingerprint density at radius 2 is 1.65 bits per heavy atom. The van der Waals surface area contributed by atoms with Crippen LogP contribution in [0.15, 0.2) is 76.7 Å². The van der Waals surface area contributed by atoms with Crippen molar-refractivity contribution in [3.05, 3.63) is 94.3 Å². The van der Waals surface area contributed by atoms with Crippen LogP contribution in [0.25, 0.3) is 0 Å². The van der Waals surface area contributed by atoms with Crippen molar-refractivity contribution in [1.82, 2.24) is 10.2 Å². The Hall–Kier alpha value is -3.18. The van der Waals surface area contributed by atoms with E-state index < -0.39 is 0 Å². The molecule has 1 aliphatic heterocycles. The van der Waals surface area contributed by atoms with Crippen molar-refractivity contribution >= 4 is 34.8 Å². The molecule has 4 nitrogen and oxygen atoms in total. The van der Waals surface area contributed by atoms with E-state index in [1.807, 2.05) is 30.3 Å². The van der Waals surface area contributed by atoms with Crippen LogP contribution in [-0.4, -0.2) is 29.3 Å². The third kappa shape index (κ3) is 5.65. The SMILES string of the molecule is Cc1cccc(C)c1/C(=N\c1ccc(F)cc1)N/C(=N/c1ccccc1Cl)N1CCCCC1C. The number of aryl methyl sites for hydroxylation is 2. The molecule has 1 aliphatic rings. The molecule has 34 heavy (non-hydrogen) atoms. The largest absolute Gasteiger partial charge is 0.340 e. The number of likely N-dealkylation sites (tertiary alicyclic amines) is 1. The third-order valence-electron chi connectivity index (χ3n) is 6.17. The molecule has 1 fully saturated rings. The zero-order chi connectivity index (χ0) is 24.1. The third-order valence-corrected chi connectivity index (χ3v) is 6.49. The molecule has 0 saturated carbocycles. The van der Waals surface area contributed by atoms with Gasteiger partial charge in [0, 0.05) is 18.2 Å². The second-order valence-electron chi connectivity index (χ2n) is 8.75. The summed E-state index contributed by atoms with van der Waals surface area (Å²) in [7, 11) is 0. The smallest absolute Gasteiger partial charge is 0.205 e. The molecule has 3 aromatic rings. The van der Waals surface area contributed by atoms with E-state index in [-0.39, 0.29) is 5.82 Å². The maximum atomic E-state index is 13.5. The van der Waals surface area contributed by atoms with E-state index in [0.29, 0.717) is 34.2 Å². The molecule has 3 aromatic carbocycles. The first kappa shape index (κ1) is 24.0. The molecule has 1 unspecified atom stereocenters. The highest BCUT2D eigenvalue weighted by Crippen LogP contribution is 2.26. The Morgan fingerprint density at radius 3 is 2.32 bits per heavy atom. The minimum absolute atomic E-state index is 0.288. The fourth-order valence-electron chi connectivity index (χ4n) is 4.32. The van der Waals surface area contributed by atoms with Gasteiger partial charge in [-0.2, -0.15) is 0 Å². The summed E-state index contributed by atoms with van der Waals surface area (Å²) in [4.78, 5) is 12.2. The molecule has 0 bridgehead atoms. The Morgan fingerprint density at radius 1 is 0.941 bits per heavy atom. The minimum Gasteiger partial charge on any atom is -0.340 e. The Balaban J connectivity index is 1.84. The summed E-state index contributed by atoms with van der Waals surface area (Å²) in [6.07, 6.45) is 3.39. The molecule has 0 aromatic heterocycles. The first-order valence-electron chi connectivity index (χ1n) is 11.7. The summed E-state index contributed by atoms with van der Waals surface area (Å²) in [5.74, 6) is 1.10. The summed E-state index contributed by atoms with van der Waals surface area (Å²) in [5.41, 5.74) is 4.56. The van der Waals surface area contributed by atoms with E-state index in [4.69, 9.17) is 21.6 Å². The van der Waals surface area contributed by atoms with Gasteiger partial charge < -0.3 is 10.2 Å². The molecule has 1 atom stereocenters. The fourth-order valence-corrected chi connectivity index (χ4v) is 4.50. The van der Waals surface area contributed by atoms with Crippen LogP contribution < -0.4 is 5.32 Å². The predicted molar refractivity (Wildman–Crippen MR) is 140 cm³/mol. The highest BCUT2D eigenvalue weighted by molar-refractivity contribution is 6.33. The maximum absolute atomic E-state index is 13.5. The van der Waals surface area contributed by atoms with Crippen molar-refractivity contribution < 1.29 is 4.39 Å². The number of nitrogens with one attached hydrogen (secondary N) is 1. The van der Waals surface area contributed by atoms with E-state index in [9.17, 15) is 4.39 Å². The van der Waals surface area contributed by atoms with Gasteiger partial charge >= 0.3 is 0 Å². The molecule has 1 saturated heterocycles. The van der Waals surface area contributed by atoms with Gasteiger partial charge in [-0.25, -0.2) is 14.4 Å². The van der Waals surface area contributed by atoms with Crippen LogP contribution in [0, 0.1) is 19.7 Å². The Bertz CT molecular complexity index is 1180. The van der Waals surface area contributed by atoms with Gasteiger partial charge in [0.1, 0.15) is 11.7 Å². The number of halogens is 2. The predicted octanol–water partition coefficient (Wildman–Crippen LogP) is 7.33. The first-order chi connectivity index (χ1) is 16.4. The van der Waals surface area contributed by atoms with E-state index in [1.54, 1.807) is 12.1 Å². The van der Waals surface area contributed by atoms with Crippen LogP contribution in [0.5, 0.6) is 0 Å². The van der Waals surface area contributed by atoms with Crippen LogP contribution >= 0.6 is 11.6 Å². The van der Waals surface area contributed by atoms with Crippen molar-refractivity contribution in [2.45, 2.75) is 46.1 Å².